The lowest BCUT2D eigenvalue weighted by Crippen LogP contribution is -2.44. The lowest BCUT2D eigenvalue weighted by Gasteiger charge is -2.26. The van der Waals surface area contributed by atoms with Gasteiger partial charge in [0, 0.05) is 62.5 Å². The number of rotatable bonds is 4. The van der Waals surface area contributed by atoms with Crippen LogP contribution in [0.2, 0.25) is 0 Å². The summed E-state index contributed by atoms with van der Waals surface area (Å²) in [5, 5.41) is 11.3. The number of ether oxygens (including phenoxy) is 1. The van der Waals surface area contributed by atoms with Crippen LogP contribution in [-0.2, 0) is 32.2 Å². The average Bonchev–Trinajstić information content (AvgIpc) is 3.29. The molecule has 5 rings (SSSR count). The molecule has 10 heteroatoms. The van der Waals surface area contributed by atoms with Gasteiger partial charge in [-0.25, -0.2) is 0 Å². The molecular weight excluding hydrogens is 474 g/mol. The van der Waals surface area contributed by atoms with E-state index in [0.29, 0.717) is 49.8 Å². The van der Waals surface area contributed by atoms with Crippen LogP contribution in [0.25, 0.3) is 10.9 Å². The Kier molecular flexibility index (Phi) is 6.78. The van der Waals surface area contributed by atoms with Gasteiger partial charge in [0.05, 0.1) is 18.2 Å². The van der Waals surface area contributed by atoms with Crippen LogP contribution in [0.15, 0.2) is 12.1 Å². The molecule has 3 heterocycles. The number of ketones is 2. The Bertz CT molecular complexity index is 1270. The van der Waals surface area contributed by atoms with Gasteiger partial charge in [-0.1, -0.05) is 6.92 Å². The summed E-state index contributed by atoms with van der Waals surface area (Å²) in [6, 6.07) is 3.27. The molecule has 37 heavy (non-hydrogen) atoms. The zero-order valence-corrected chi connectivity index (χ0v) is 21.8. The summed E-state index contributed by atoms with van der Waals surface area (Å²) in [6.07, 6.45) is 3.68. The first-order valence-electron chi connectivity index (χ1n) is 13.2. The molecule has 3 atom stereocenters. The minimum absolute atomic E-state index is 0.0242. The van der Waals surface area contributed by atoms with Gasteiger partial charge in [0.2, 0.25) is 11.8 Å². The van der Waals surface area contributed by atoms with Crippen molar-refractivity contribution in [3.8, 4) is 0 Å². The third kappa shape index (κ3) is 4.63. The van der Waals surface area contributed by atoms with E-state index >= 15 is 0 Å². The highest BCUT2D eigenvalue weighted by atomic mass is 16.5. The molecule has 2 aliphatic heterocycles. The Hall–Kier alpha value is -3.27. The molecule has 1 aliphatic carbocycles. The molecule has 0 spiro atoms. The predicted molar refractivity (Wildman–Crippen MR) is 137 cm³/mol. The first-order chi connectivity index (χ1) is 17.8. The van der Waals surface area contributed by atoms with E-state index in [9.17, 15) is 19.2 Å². The Morgan fingerprint density at radius 1 is 1.24 bits per heavy atom. The van der Waals surface area contributed by atoms with E-state index in [1.165, 1.54) is 6.92 Å². The molecule has 1 aromatic heterocycles. The van der Waals surface area contributed by atoms with Crippen molar-refractivity contribution in [1.29, 1.82) is 0 Å². The number of amides is 2. The number of piperidine rings is 1. The number of aromatic nitrogens is 2. The fourth-order valence-corrected chi connectivity index (χ4v) is 6.02. The fourth-order valence-electron chi connectivity index (χ4n) is 6.02. The minimum atomic E-state index is -0.456. The van der Waals surface area contributed by atoms with Gasteiger partial charge in [-0.2, -0.15) is 5.10 Å². The molecule has 2 bridgehead atoms. The SMILES string of the molecule is CCC(=O)[C@@H]1C[C@]23COCCCCC(=O)NCc4cc(NC)cc5c(C(C)=O)nn(c45)CC(=O)N1[C@@H]2C3. The highest BCUT2D eigenvalue weighted by molar-refractivity contribution is 6.07. The van der Waals surface area contributed by atoms with Crippen LogP contribution >= 0.6 is 0 Å². The van der Waals surface area contributed by atoms with Crippen molar-refractivity contribution in [3.05, 3.63) is 23.4 Å². The molecule has 198 valence electrons. The van der Waals surface area contributed by atoms with E-state index in [1.807, 2.05) is 19.1 Å². The van der Waals surface area contributed by atoms with Crippen LogP contribution in [0.4, 0.5) is 5.69 Å². The number of carbonyl (C=O) groups is 4. The van der Waals surface area contributed by atoms with Crippen LogP contribution < -0.4 is 10.6 Å². The fraction of sp³-hybridized carbons (Fsp3) is 0.593. The van der Waals surface area contributed by atoms with E-state index in [1.54, 1.807) is 16.6 Å². The summed E-state index contributed by atoms with van der Waals surface area (Å²) >= 11 is 0. The van der Waals surface area contributed by atoms with E-state index in [2.05, 4.69) is 15.7 Å². The van der Waals surface area contributed by atoms with Crippen LogP contribution in [0.3, 0.4) is 0 Å². The quantitative estimate of drug-likeness (QED) is 0.607. The monoisotopic (exact) mass is 509 g/mol. The maximum atomic E-state index is 13.8. The molecular formula is C27H35N5O5. The van der Waals surface area contributed by atoms with E-state index in [0.717, 1.165) is 24.1 Å². The Morgan fingerprint density at radius 3 is 2.78 bits per heavy atom. The highest BCUT2D eigenvalue weighted by Gasteiger charge is 2.66. The second-order valence-corrected chi connectivity index (χ2v) is 10.6. The van der Waals surface area contributed by atoms with Crippen LogP contribution in [0.5, 0.6) is 0 Å². The van der Waals surface area contributed by atoms with Crippen molar-refractivity contribution in [1.82, 2.24) is 20.0 Å². The molecule has 1 aromatic carbocycles. The molecule has 2 amide bonds. The summed E-state index contributed by atoms with van der Waals surface area (Å²) in [5.74, 6) is -0.396. The number of Topliss-reactive ketones (excluding diaryl/α,β-unsaturated/α-hetero) is 2. The number of hydrogen-bond donors (Lipinski definition) is 2. The number of nitrogens with zero attached hydrogens (tertiary/aromatic N) is 3. The lowest BCUT2D eigenvalue weighted by atomic mass is 9.97. The number of anilines is 1. The summed E-state index contributed by atoms with van der Waals surface area (Å²) in [7, 11) is 1.79. The topological polar surface area (TPSA) is 123 Å². The minimum Gasteiger partial charge on any atom is -0.388 e. The second kappa shape index (κ2) is 9.89. The van der Waals surface area contributed by atoms with Gasteiger partial charge in [-0.3, -0.25) is 23.9 Å². The Balaban J connectivity index is 1.58. The van der Waals surface area contributed by atoms with Crippen molar-refractivity contribution in [2.45, 2.75) is 77.5 Å². The molecule has 2 N–H and O–H groups in total. The normalized spacial score (nSPS) is 26.4. The number of nitrogens with one attached hydrogen (secondary N) is 2. The summed E-state index contributed by atoms with van der Waals surface area (Å²) in [4.78, 5) is 53.5. The molecule has 2 fully saturated rings. The van der Waals surface area contributed by atoms with E-state index in [4.69, 9.17) is 4.74 Å². The van der Waals surface area contributed by atoms with Crippen molar-refractivity contribution in [2.75, 3.05) is 25.6 Å². The third-order valence-corrected chi connectivity index (χ3v) is 8.06. The summed E-state index contributed by atoms with van der Waals surface area (Å²) in [6.45, 7) is 4.49. The molecule has 3 aliphatic rings. The Morgan fingerprint density at radius 2 is 2.05 bits per heavy atom. The average molecular weight is 510 g/mol. The van der Waals surface area contributed by atoms with Gasteiger partial charge in [0.1, 0.15) is 12.2 Å². The van der Waals surface area contributed by atoms with E-state index < -0.39 is 6.04 Å². The summed E-state index contributed by atoms with van der Waals surface area (Å²) in [5.41, 5.74) is 2.28. The van der Waals surface area contributed by atoms with Gasteiger partial charge >= 0.3 is 0 Å². The standard InChI is InChI=1S/C27H35N5O5/c1-4-21(34)20-11-27-12-22(27)32(20)24(36)14-31-26-17(13-29-23(35)7-5-6-8-37-15-27)9-18(28-3)10-19(26)25(30-31)16(2)33/h9-10,20,22,28H,4-8,11-15H2,1-3H3,(H,29,35)/t20-,22+,27-/m0/s1. The lowest BCUT2D eigenvalue weighted by molar-refractivity contribution is -0.139. The van der Waals surface area contributed by atoms with Gasteiger partial charge < -0.3 is 20.3 Å². The summed E-state index contributed by atoms with van der Waals surface area (Å²) < 4.78 is 7.54. The van der Waals surface area contributed by atoms with Crippen LogP contribution in [-0.4, -0.2) is 70.4 Å². The predicted octanol–water partition coefficient (Wildman–Crippen LogP) is 2.44. The van der Waals surface area contributed by atoms with Crippen LogP contribution in [0, 0.1) is 5.41 Å². The van der Waals surface area contributed by atoms with Crippen LogP contribution in [0.1, 0.15) is 68.4 Å². The van der Waals surface area contributed by atoms with E-state index in [-0.39, 0.29) is 53.6 Å². The van der Waals surface area contributed by atoms with Crippen molar-refractivity contribution < 1.29 is 23.9 Å². The molecule has 0 radical (unpaired) electrons. The molecule has 10 nitrogen and oxygen atoms in total. The first kappa shape index (κ1) is 25.4. The van der Waals surface area contributed by atoms with Crippen molar-refractivity contribution in [3.63, 3.8) is 0 Å². The largest absolute Gasteiger partial charge is 0.388 e. The third-order valence-electron chi connectivity index (χ3n) is 8.06. The number of hydrogen-bond acceptors (Lipinski definition) is 7. The zero-order chi connectivity index (χ0) is 26.3. The Labute approximate surface area is 216 Å². The van der Waals surface area contributed by atoms with Crippen molar-refractivity contribution in [2.24, 2.45) is 5.41 Å². The maximum Gasteiger partial charge on any atom is 0.245 e. The molecule has 1 saturated carbocycles. The van der Waals surface area contributed by atoms with Gasteiger partial charge in [-0.05, 0) is 43.4 Å². The smallest absolute Gasteiger partial charge is 0.245 e. The first-order valence-corrected chi connectivity index (χ1v) is 13.2. The van der Waals surface area contributed by atoms with Gasteiger partial charge in [-0.15, -0.1) is 0 Å². The molecule has 0 unspecified atom stereocenters. The highest BCUT2D eigenvalue weighted by Crippen LogP contribution is 2.60. The van der Waals surface area contributed by atoms with Crippen molar-refractivity contribution >= 4 is 40.0 Å². The molecule has 1 saturated heterocycles. The number of benzene rings is 1. The molecule has 2 aromatic rings. The maximum absolute atomic E-state index is 13.8. The van der Waals surface area contributed by atoms with Gasteiger partial charge in [0.25, 0.3) is 0 Å². The zero-order valence-electron chi connectivity index (χ0n) is 21.8. The van der Waals surface area contributed by atoms with Gasteiger partial charge in [0.15, 0.2) is 11.6 Å². The number of carbonyl (C=O) groups excluding carboxylic acids is 4. The second-order valence-electron chi connectivity index (χ2n) is 10.6.